The predicted octanol–water partition coefficient (Wildman–Crippen LogP) is 1.42. The lowest BCUT2D eigenvalue weighted by atomic mass is 10.3. The highest BCUT2D eigenvalue weighted by atomic mass is 79.9. The van der Waals surface area contributed by atoms with Gasteiger partial charge in [0.1, 0.15) is 15.5 Å². The molecular weight excluding hydrogens is 310 g/mol. The number of thiophene rings is 1. The molecule has 0 saturated heterocycles. The van der Waals surface area contributed by atoms with Gasteiger partial charge in [-0.1, -0.05) is 15.9 Å². The third-order valence-corrected chi connectivity index (χ3v) is 3.55. The van der Waals surface area contributed by atoms with Gasteiger partial charge in [-0.25, -0.2) is 0 Å². The van der Waals surface area contributed by atoms with Crippen LogP contribution in [0.4, 0.5) is 0 Å². The van der Waals surface area contributed by atoms with Crippen LogP contribution in [-0.2, 0) is 9.53 Å². The first kappa shape index (κ1) is 14.0. The number of hydrogen-bond acceptors (Lipinski definition) is 5. The van der Waals surface area contributed by atoms with Crippen LogP contribution in [0.2, 0.25) is 0 Å². The normalized spacial score (nSPS) is 11.7. The molecule has 0 bridgehead atoms. The number of methoxy groups -OCH3 is 2. The summed E-state index contributed by atoms with van der Waals surface area (Å²) in [4.78, 5) is 22.8. The van der Waals surface area contributed by atoms with E-state index < -0.39 is 10.8 Å². The molecular formula is C10H12BrNO4S. The van der Waals surface area contributed by atoms with Crippen LogP contribution >= 0.6 is 27.3 Å². The van der Waals surface area contributed by atoms with Gasteiger partial charge in [-0.05, 0) is 11.4 Å². The fraction of sp³-hybridized carbons (Fsp3) is 0.400. The summed E-state index contributed by atoms with van der Waals surface area (Å²) in [5, 5.41) is 4.38. The lowest BCUT2D eigenvalue weighted by Crippen LogP contribution is -2.33. The average molecular weight is 322 g/mol. The number of halogens is 1. The maximum absolute atomic E-state index is 11.7. The zero-order chi connectivity index (χ0) is 12.8. The minimum atomic E-state index is -0.553. The Balaban J connectivity index is 2.53. The van der Waals surface area contributed by atoms with Crippen molar-refractivity contribution in [1.29, 1.82) is 0 Å². The largest absolute Gasteiger partial charge is 0.495 e. The van der Waals surface area contributed by atoms with E-state index in [1.54, 1.807) is 11.4 Å². The van der Waals surface area contributed by atoms with Crippen molar-refractivity contribution < 1.29 is 19.1 Å². The number of alkyl halides is 1. The number of nitrogens with one attached hydrogen (secondary N) is 1. The van der Waals surface area contributed by atoms with Crippen LogP contribution in [0.3, 0.4) is 0 Å². The standard InChI is InChI=1S/C10H12BrNO4S/c1-15-7-3-4-17-8(7)9(13)12-5-6(11)10(14)16-2/h3-4,6H,5H2,1-2H3,(H,12,13). The minimum absolute atomic E-state index is 0.159. The molecule has 1 atom stereocenters. The molecule has 1 rings (SSSR count). The second-order valence-corrected chi connectivity index (χ2v) is 5.04. The van der Waals surface area contributed by atoms with Crippen molar-refractivity contribution in [2.75, 3.05) is 20.8 Å². The van der Waals surface area contributed by atoms with Crippen LogP contribution in [0.5, 0.6) is 5.75 Å². The Labute approximate surface area is 111 Å². The molecule has 0 aromatic carbocycles. The molecule has 0 saturated carbocycles. The Morgan fingerprint density at radius 1 is 1.53 bits per heavy atom. The molecule has 94 valence electrons. The van der Waals surface area contributed by atoms with Gasteiger partial charge in [0.25, 0.3) is 5.91 Å². The van der Waals surface area contributed by atoms with Crippen LogP contribution in [0, 0.1) is 0 Å². The molecule has 0 radical (unpaired) electrons. The second kappa shape index (κ2) is 6.61. The van der Waals surface area contributed by atoms with Crippen molar-refractivity contribution in [2.45, 2.75) is 4.83 Å². The topological polar surface area (TPSA) is 64.6 Å². The maximum atomic E-state index is 11.7. The SMILES string of the molecule is COC(=O)C(Br)CNC(=O)c1sccc1OC. The van der Waals surface area contributed by atoms with E-state index >= 15 is 0 Å². The van der Waals surface area contributed by atoms with Gasteiger partial charge in [0.15, 0.2) is 0 Å². The van der Waals surface area contributed by atoms with Gasteiger partial charge < -0.3 is 14.8 Å². The van der Waals surface area contributed by atoms with Crippen molar-refractivity contribution in [3.8, 4) is 5.75 Å². The molecule has 0 fully saturated rings. The molecule has 1 unspecified atom stereocenters. The van der Waals surface area contributed by atoms with Crippen LogP contribution in [-0.4, -0.2) is 37.5 Å². The number of ether oxygens (including phenoxy) is 2. The fourth-order valence-electron chi connectivity index (χ4n) is 1.10. The minimum Gasteiger partial charge on any atom is -0.495 e. The van der Waals surface area contributed by atoms with Gasteiger partial charge in [-0.15, -0.1) is 11.3 Å². The van der Waals surface area contributed by atoms with Gasteiger partial charge in [0.2, 0.25) is 0 Å². The third kappa shape index (κ3) is 3.71. The van der Waals surface area contributed by atoms with Crippen molar-refractivity contribution in [1.82, 2.24) is 5.32 Å². The molecule has 5 nitrogen and oxygen atoms in total. The summed E-state index contributed by atoms with van der Waals surface area (Å²) in [5.74, 6) is -0.176. The van der Waals surface area contributed by atoms with Crippen molar-refractivity contribution >= 4 is 39.1 Å². The molecule has 1 N–H and O–H groups in total. The molecule has 7 heteroatoms. The molecule has 0 aliphatic rings. The Morgan fingerprint density at radius 2 is 2.24 bits per heavy atom. The predicted molar refractivity (Wildman–Crippen MR) is 67.9 cm³/mol. The van der Waals surface area contributed by atoms with E-state index in [1.807, 2.05) is 0 Å². The number of carbonyl (C=O) groups is 2. The van der Waals surface area contributed by atoms with Crippen LogP contribution in [0.15, 0.2) is 11.4 Å². The molecule has 1 aromatic heterocycles. The zero-order valence-corrected chi connectivity index (χ0v) is 11.8. The lowest BCUT2D eigenvalue weighted by molar-refractivity contribution is -0.139. The highest BCUT2D eigenvalue weighted by molar-refractivity contribution is 9.10. The number of carbonyl (C=O) groups excluding carboxylic acids is 2. The van der Waals surface area contributed by atoms with Gasteiger partial charge in [-0.3, -0.25) is 9.59 Å². The number of hydrogen-bond donors (Lipinski definition) is 1. The highest BCUT2D eigenvalue weighted by Crippen LogP contribution is 2.23. The summed E-state index contributed by atoms with van der Waals surface area (Å²) < 4.78 is 9.55. The summed E-state index contributed by atoms with van der Waals surface area (Å²) in [6.45, 7) is 0.159. The monoisotopic (exact) mass is 321 g/mol. The number of rotatable bonds is 5. The molecule has 0 aliphatic carbocycles. The van der Waals surface area contributed by atoms with E-state index in [1.165, 1.54) is 25.6 Å². The highest BCUT2D eigenvalue weighted by Gasteiger charge is 2.18. The van der Waals surface area contributed by atoms with Crippen molar-refractivity contribution in [3.63, 3.8) is 0 Å². The van der Waals surface area contributed by atoms with Gasteiger partial charge in [-0.2, -0.15) is 0 Å². The quantitative estimate of drug-likeness (QED) is 0.658. The maximum Gasteiger partial charge on any atom is 0.321 e. The summed E-state index contributed by atoms with van der Waals surface area (Å²) in [6.07, 6.45) is 0. The van der Waals surface area contributed by atoms with E-state index in [4.69, 9.17) is 4.74 Å². The van der Waals surface area contributed by atoms with E-state index in [0.717, 1.165) is 0 Å². The Morgan fingerprint density at radius 3 is 2.82 bits per heavy atom. The first-order chi connectivity index (χ1) is 8.10. The summed E-state index contributed by atoms with van der Waals surface area (Å²) in [7, 11) is 2.79. The van der Waals surface area contributed by atoms with Crippen molar-refractivity contribution in [2.24, 2.45) is 0 Å². The first-order valence-electron chi connectivity index (χ1n) is 4.71. The van der Waals surface area contributed by atoms with Gasteiger partial charge in [0.05, 0.1) is 14.2 Å². The smallest absolute Gasteiger partial charge is 0.321 e. The van der Waals surface area contributed by atoms with E-state index in [-0.39, 0.29) is 12.5 Å². The number of amides is 1. The first-order valence-corrected chi connectivity index (χ1v) is 6.51. The van der Waals surface area contributed by atoms with Gasteiger partial charge >= 0.3 is 5.97 Å². The van der Waals surface area contributed by atoms with Gasteiger partial charge in [0, 0.05) is 6.54 Å². The van der Waals surface area contributed by atoms with Crippen LogP contribution in [0.25, 0.3) is 0 Å². The molecule has 0 spiro atoms. The lowest BCUT2D eigenvalue weighted by Gasteiger charge is -2.09. The Kier molecular flexibility index (Phi) is 5.43. The van der Waals surface area contributed by atoms with E-state index in [0.29, 0.717) is 10.6 Å². The molecule has 1 amide bonds. The molecule has 1 heterocycles. The molecule has 1 aromatic rings. The van der Waals surface area contributed by atoms with E-state index in [9.17, 15) is 9.59 Å². The van der Waals surface area contributed by atoms with Crippen LogP contribution in [0.1, 0.15) is 9.67 Å². The summed E-state index contributed by atoms with van der Waals surface area (Å²) in [6, 6.07) is 1.71. The summed E-state index contributed by atoms with van der Waals surface area (Å²) >= 11 is 4.39. The average Bonchev–Trinajstić information content (AvgIpc) is 2.82. The van der Waals surface area contributed by atoms with Crippen molar-refractivity contribution in [3.05, 3.63) is 16.3 Å². The molecule has 0 aliphatic heterocycles. The zero-order valence-electron chi connectivity index (χ0n) is 9.36. The van der Waals surface area contributed by atoms with E-state index in [2.05, 4.69) is 26.0 Å². The van der Waals surface area contributed by atoms with Crippen LogP contribution < -0.4 is 10.1 Å². The molecule has 17 heavy (non-hydrogen) atoms. The summed E-state index contributed by atoms with van der Waals surface area (Å²) in [5.41, 5.74) is 0. The number of esters is 1. The third-order valence-electron chi connectivity index (χ3n) is 1.95. The second-order valence-electron chi connectivity index (χ2n) is 3.02. The fourth-order valence-corrected chi connectivity index (χ4v) is 2.22. The Bertz CT molecular complexity index is 407. The Hall–Kier alpha value is -1.08.